The Morgan fingerprint density at radius 1 is 1.10 bits per heavy atom. The highest BCUT2D eigenvalue weighted by atomic mass is 32.2. The predicted octanol–water partition coefficient (Wildman–Crippen LogP) is 2.42. The van der Waals surface area contributed by atoms with Gasteiger partial charge in [0, 0.05) is 31.9 Å². The number of benzene rings is 1. The normalized spacial score (nSPS) is 20.4. The summed E-state index contributed by atoms with van der Waals surface area (Å²) in [7, 11) is -3.81. The van der Waals surface area contributed by atoms with Crippen molar-refractivity contribution in [3.05, 3.63) is 54.1 Å². The van der Waals surface area contributed by atoms with Gasteiger partial charge in [0.25, 0.3) is 0 Å². The topological polar surface area (TPSA) is 73.8 Å². The number of rotatable bonds is 4. The first-order valence-electron chi connectivity index (χ1n) is 10.5. The van der Waals surface area contributed by atoms with Crippen molar-refractivity contribution < 1.29 is 17.6 Å². The molecule has 0 bridgehead atoms. The van der Waals surface area contributed by atoms with Gasteiger partial charge in [0.1, 0.15) is 11.4 Å². The Kier molecular flexibility index (Phi) is 5.85. The quantitative estimate of drug-likeness (QED) is 0.721. The lowest BCUT2D eigenvalue weighted by Crippen LogP contribution is -2.69. The number of nitrogens with zero attached hydrogens (tertiary/aromatic N) is 4. The minimum Gasteiger partial charge on any atom is -0.308 e. The SMILES string of the molecule is CCN1CCN(c2ccc(C)nc2)C(=O)C12CCN(S(=O)(=O)c1cccc(F)c1)CC2. The Hall–Kier alpha value is -2.36. The van der Waals surface area contributed by atoms with Crippen molar-refractivity contribution in [2.24, 2.45) is 0 Å². The van der Waals surface area contributed by atoms with Crippen molar-refractivity contribution in [2.45, 2.75) is 37.1 Å². The van der Waals surface area contributed by atoms with Gasteiger partial charge in [-0.2, -0.15) is 4.31 Å². The van der Waals surface area contributed by atoms with Crippen LogP contribution in [-0.4, -0.2) is 66.8 Å². The minimum absolute atomic E-state index is 0.00550. The molecule has 0 radical (unpaired) electrons. The highest BCUT2D eigenvalue weighted by Crippen LogP contribution is 2.37. The Bertz CT molecular complexity index is 1070. The average Bonchev–Trinajstić information content (AvgIpc) is 2.77. The number of piperidine rings is 1. The predicted molar refractivity (Wildman–Crippen MR) is 116 cm³/mol. The van der Waals surface area contributed by atoms with E-state index in [0.717, 1.165) is 17.4 Å². The molecule has 1 spiro atoms. The van der Waals surface area contributed by atoms with Crippen LogP contribution in [0.15, 0.2) is 47.5 Å². The van der Waals surface area contributed by atoms with Crippen LogP contribution in [0.3, 0.4) is 0 Å². The largest absolute Gasteiger partial charge is 0.308 e. The number of carbonyl (C=O) groups is 1. The summed E-state index contributed by atoms with van der Waals surface area (Å²) in [6, 6.07) is 8.84. The summed E-state index contributed by atoms with van der Waals surface area (Å²) in [5.41, 5.74) is 0.903. The van der Waals surface area contributed by atoms with Crippen LogP contribution < -0.4 is 4.90 Å². The van der Waals surface area contributed by atoms with Crippen LogP contribution in [0.1, 0.15) is 25.5 Å². The lowest BCUT2D eigenvalue weighted by molar-refractivity contribution is -0.136. The van der Waals surface area contributed by atoms with Gasteiger partial charge in [-0.25, -0.2) is 12.8 Å². The Morgan fingerprint density at radius 2 is 1.84 bits per heavy atom. The second kappa shape index (κ2) is 8.29. The first-order chi connectivity index (χ1) is 14.8. The molecule has 9 heteroatoms. The fourth-order valence-corrected chi connectivity index (χ4v) is 6.13. The molecule has 4 rings (SSSR count). The number of piperazine rings is 1. The van der Waals surface area contributed by atoms with E-state index in [2.05, 4.69) is 9.88 Å². The maximum Gasteiger partial charge on any atom is 0.247 e. The fraction of sp³-hybridized carbons (Fsp3) is 0.455. The molecule has 0 atom stereocenters. The van der Waals surface area contributed by atoms with Crippen LogP contribution in [-0.2, 0) is 14.8 Å². The average molecular weight is 447 g/mol. The van der Waals surface area contributed by atoms with E-state index >= 15 is 0 Å². The number of hydrogen-bond donors (Lipinski definition) is 0. The van der Waals surface area contributed by atoms with E-state index in [9.17, 15) is 17.6 Å². The molecule has 166 valence electrons. The molecule has 0 aliphatic carbocycles. The maximum atomic E-state index is 13.7. The molecule has 31 heavy (non-hydrogen) atoms. The molecule has 3 heterocycles. The Morgan fingerprint density at radius 3 is 2.45 bits per heavy atom. The summed E-state index contributed by atoms with van der Waals surface area (Å²) in [6.07, 6.45) is 2.50. The van der Waals surface area contributed by atoms with Gasteiger partial charge in [0.05, 0.1) is 16.8 Å². The zero-order valence-corrected chi connectivity index (χ0v) is 18.6. The number of likely N-dealkylation sites (N-methyl/N-ethyl adjacent to an activating group) is 1. The molecule has 1 aromatic heterocycles. The number of sulfonamides is 1. The molecule has 2 fully saturated rings. The van der Waals surface area contributed by atoms with Gasteiger partial charge in [-0.1, -0.05) is 13.0 Å². The molecule has 7 nitrogen and oxygen atoms in total. The number of aromatic nitrogens is 1. The summed E-state index contributed by atoms with van der Waals surface area (Å²) in [6.45, 7) is 6.34. The number of aryl methyl sites for hydroxylation is 1. The number of halogens is 1. The molecular weight excluding hydrogens is 419 g/mol. The van der Waals surface area contributed by atoms with Crippen molar-refractivity contribution in [1.29, 1.82) is 0 Å². The highest BCUT2D eigenvalue weighted by Gasteiger charge is 2.51. The zero-order chi connectivity index (χ0) is 22.2. The zero-order valence-electron chi connectivity index (χ0n) is 17.8. The number of carbonyl (C=O) groups excluding carboxylic acids is 1. The maximum absolute atomic E-state index is 13.7. The molecule has 0 unspecified atom stereocenters. The first-order valence-corrected chi connectivity index (χ1v) is 12.0. The van der Waals surface area contributed by atoms with Crippen LogP contribution in [0, 0.1) is 12.7 Å². The van der Waals surface area contributed by atoms with E-state index in [1.165, 1.54) is 22.5 Å². The molecule has 1 amide bonds. The van der Waals surface area contributed by atoms with Crippen molar-refractivity contribution in [2.75, 3.05) is 37.6 Å². The number of amides is 1. The van der Waals surface area contributed by atoms with E-state index in [4.69, 9.17) is 0 Å². The fourth-order valence-electron chi connectivity index (χ4n) is 4.65. The molecule has 2 aliphatic heterocycles. The third-order valence-electron chi connectivity index (χ3n) is 6.41. The minimum atomic E-state index is -3.81. The smallest absolute Gasteiger partial charge is 0.247 e. The second-order valence-electron chi connectivity index (χ2n) is 8.09. The van der Waals surface area contributed by atoms with Gasteiger partial charge in [-0.15, -0.1) is 0 Å². The van der Waals surface area contributed by atoms with Gasteiger partial charge in [0.2, 0.25) is 15.9 Å². The van der Waals surface area contributed by atoms with E-state index in [0.29, 0.717) is 32.5 Å². The lowest BCUT2D eigenvalue weighted by atomic mass is 9.83. The third-order valence-corrected chi connectivity index (χ3v) is 8.31. The van der Waals surface area contributed by atoms with Crippen LogP contribution in [0.5, 0.6) is 0 Å². The monoisotopic (exact) mass is 446 g/mol. The molecule has 1 aromatic carbocycles. The third kappa shape index (κ3) is 3.86. The Labute approximate surface area is 182 Å². The molecule has 2 aromatic rings. The number of hydrogen-bond acceptors (Lipinski definition) is 5. The first kappa shape index (κ1) is 21.9. The van der Waals surface area contributed by atoms with Gasteiger partial charge >= 0.3 is 0 Å². The van der Waals surface area contributed by atoms with Crippen LogP contribution in [0.25, 0.3) is 0 Å². The standard InChI is InChI=1S/C22H27FN4O3S/c1-3-25-13-14-27(19-8-7-17(2)24-16-19)21(28)22(25)9-11-26(12-10-22)31(29,30)20-6-4-5-18(23)15-20/h4-8,15-16H,3,9-14H2,1-2H3. The molecule has 2 saturated heterocycles. The van der Waals surface area contributed by atoms with Crippen LogP contribution in [0.2, 0.25) is 0 Å². The summed E-state index contributed by atoms with van der Waals surface area (Å²) in [4.78, 5) is 21.9. The summed E-state index contributed by atoms with van der Waals surface area (Å²) in [5, 5.41) is 0. The molecule has 0 saturated carbocycles. The molecule has 0 N–H and O–H groups in total. The van der Waals surface area contributed by atoms with E-state index in [1.807, 2.05) is 26.0 Å². The van der Waals surface area contributed by atoms with E-state index in [1.54, 1.807) is 11.1 Å². The highest BCUT2D eigenvalue weighted by molar-refractivity contribution is 7.89. The van der Waals surface area contributed by atoms with Crippen molar-refractivity contribution in [1.82, 2.24) is 14.2 Å². The van der Waals surface area contributed by atoms with Gasteiger partial charge in [-0.05, 0) is 56.6 Å². The van der Waals surface area contributed by atoms with Crippen LogP contribution >= 0.6 is 0 Å². The second-order valence-corrected chi connectivity index (χ2v) is 10.0. The van der Waals surface area contributed by atoms with Crippen molar-refractivity contribution in [3.63, 3.8) is 0 Å². The summed E-state index contributed by atoms with van der Waals surface area (Å²) >= 11 is 0. The number of pyridine rings is 1. The Balaban J connectivity index is 1.58. The van der Waals surface area contributed by atoms with E-state index in [-0.39, 0.29) is 23.9 Å². The van der Waals surface area contributed by atoms with Crippen molar-refractivity contribution in [3.8, 4) is 0 Å². The van der Waals surface area contributed by atoms with Gasteiger partial charge in [-0.3, -0.25) is 14.7 Å². The number of anilines is 1. The lowest BCUT2D eigenvalue weighted by Gasteiger charge is -2.52. The van der Waals surface area contributed by atoms with Crippen LogP contribution in [0.4, 0.5) is 10.1 Å². The van der Waals surface area contributed by atoms with Crippen molar-refractivity contribution >= 4 is 21.6 Å². The van der Waals surface area contributed by atoms with Gasteiger partial charge in [0.15, 0.2) is 0 Å². The van der Waals surface area contributed by atoms with E-state index < -0.39 is 21.4 Å². The molecule has 2 aliphatic rings. The molecular formula is C22H27FN4O3S. The van der Waals surface area contributed by atoms with Gasteiger partial charge < -0.3 is 4.90 Å². The summed E-state index contributed by atoms with van der Waals surface area (Å²) < 4.78 is 41.0. The summed E-state index contributed by atoms with van der Waals surface area (Å²) in [5.74, 6) is -0.592.